The van der Waals surface area contributed by atoms with Crippen LogP contribution < -0.4 is 10.1 Å². The van der Waals surface area contributed by atoms with Gasteiger partial charge in [-0.1, -0.05) is 42.8 Å². The van der Waals surface area contributed by atoms with Gasteiger partial charge in [0.25, 0.3) is 0 Å². The maximum absolute atomic E-state index is 6.20. The van der Waals surface area contributed by atoms with Crippen molar-refractivity contribution in [3.8, 4) is 5.75 Å². The van der Waals surface area contributed by atoms with E-state index >= 15 is 0 Å². The van der Waals surface area contributed by atoms with Crippen molar-refractivity contribution in [3.05, 3.63) is 41.4 Å². The maximum atomic E-state index is 6.20. The number of hydrogen-bond donors (Lipinski definition) is 1. The molecule has 0 aliphatic rings. The van der Waals surface area contributed by atoms with Crippen LogP contribution in [0.1, 0.15) is 26.2 Å². The molecule has 2 aromatic rings. The Kier molecular flexibility index (Phi) is 6.16. The highest BCUT2D eigenvalue weighted by atomic mass is 35.5. The zero-order chi connectivity index (χ0) is 14.2. The molecule has 0 aromatic heterocycles. The molecule has 0 atom stereocenters. The first-order chi connectivity index (χ1) is 9.83. The Balaban J connectivity index is 1.86. The molecule has 20 heavy (non-hydrogen) atoms. The van der Waals surface area contributed by atoms with E-state index in [0.29, 0.717) is 0 Å². The van der Waals surface area contributed by atoms with E-state index < -0.39 is 0 Å². The summed E-state index contributed by atoms with van der Waals surface area (Å²) in [6.45, 7) is 5.10. The van der Waals surface area contributed by atoms with Gasteiger partial charge in [-0.3, -0.25) is 0 Å². The van der Waals surface area contributed by atoms with E-state index in [9.17, 15) is 0 Å². The molecule has 0 aliphatic carbocycles. The molecule has 0 saturated carbocycles. The number of benzene rings is 2. The molecule has 0 spiro atoms. The zero-order valence-electron chi connectivity index (χ0n) is 12.0. The van der Waals surface area contributed by atoms with Crippen molar-refractivity contribution in [2.45, 2.75) is 26.2 Å². The van der Waals surface area contributed by atoms with E-state index in [2.05, 4.69) is 18.3 Å². The first kappa shape index (κ1) is 15.1. The van der Waals surface area contributed by atoms with Crippen LogP contribution in [0, 0.1) is 0 Å². The predicted octanol–water partition coefficient (Wildman–Crippen LogP) is 4.65. The summed E-state index contributed by atoms with van der Waals surface area (Å²) in [5.74, 6) is 0.923. The van der Waals surface area contributed by atoms with Crippen LogP contribution in [0.3, 0.4) is 0 Å². The summed E-state index contributed by atoms with van der Waals surface area (Å²) < 4.78 is 5.89. The number of hydrogen-bond acceptors (Lipinski definition) is 2. The topological polar surface area (TPSA) is 21.3 Å². The highest BCUT2D eigenvalue weighted by molar-refractivity contribution is 6.35. The maximum Gasteiger partial charge on any atom is 0.127 e. The molecule has 2 aromatic carbocycles. The molecule has 3 heteroatoms. The number of halogens is 1. The van der Waals surface area contributed by atoms with Gasteiger partial charge in [0.1, 0.15) is 5.75 Å². The van der Waals surface area contributed by atoms with Gasteiger partial charge in [0.2, 0.25) is 0 Å². The van der Waals surface area contributed by atoms with E-state index in [1.807, 2.05) is 30.3 Å². The van der Waals surface area contributed by atoms with Crippen LogP contribution in [0.25, 0.3) is 10.8 Å². The molecule has 0 heterocycles. The van der Waals surface area contributed by atoms with Crippen molar-refractivity contribution in [1.82, 2.24) is 5.32 Å². The lowest BCUT2D eigenvalue weighted by Gasteiger charge is -2.10. The van der Waals surface area contributed by atoms with Crippen LogP contribution in [0.2, 0.25) is 5.02 Å². The number of unbranched alkanes of at least 4 members (excludes halogenated alkanes) is 1. The standard InChI is InChI=1S/C17H22ClNO/c1-2-11-19-12-5-6-13-20-17-10-9-16(18)14-7-3-4-8-15(14)17/h3-4,7-10,19H,2,5-6,11-13H2,1H3. The molecular formula is C17H22ClNO. The quantitative estimate of drug-likeness (QED) is 0.715. The van der Waals surface area contributed by atoms with E-state index in [4.69, 9.17) is 16.3 Å². The van der Waals surface area contributed by atoms with Crippen LogP contribution in [0.15, 0.2) is 36.4 Å². The molecule has 1 N–H and O–H groups in total. The highest BCUT2D eigenvalue weighted by Crippen LogP contribution is 2.31. The Morgan fingerprint density at radius 3 is 2.60 bits per heavy atom. The molecule has 108 valence electrons. The van der Waals surface area contributed by atoms with Crippen molar-refractivity contribution in [1.29, 1.82) is 0 Å². The second-order valence-corrected chi connectivity index (χ2v) is 5.30. The van der Waals surface area contributed by atoms with Gasteiger partial charge < -0.3 is 10.1 Å². The van der Waals surface area contributed by atoms with Crippen molar-refractivity contribution in [2.24, 2.45) is 0 Å². The van der Waals surface area contributed by atoms with Gasteiger partial charge in [0.15, 0.2) is 0 Å². The third kappa shape index (κ3) is 4.12. The van der Waals surface area contributed by atoms with E-state index in [-0.39, 0.29) is 0 Å². The molecule has 0 radical (unpaired) electrons. The number of fused-ring (bicyclic) bond motifs is 1. The fraction of sp³-hybridized carbons (Fsp3) is 0.412. The summed E-state index contributed by atoms with van der Waals surface area (Å²) in [4.78, 5) is 0. The normalized spacial score (nSPS) is 10.9. The van der Waals surface area contributed by atoms with Crippen LogP contribution in [0.4, 0.5) is 0 Å². The van der Waals surface area contributed by atoms with Gasteiger partial charge >= 0.3 is 0 Å². The average Bonchev–Trinajstić information content (AvgIpc) is 2.49. The van der Waals surface area contributed by atoms with Gasteiger partial charge in [-0.15, -0.1) is 0 Å². The van der Waals surface area contributed by atoms with Gasteiger partial charge in [-0.2, -0.15) is 0 Å². The van der Waals surface area contributed by atoms with E-state index in [1.165, 1.54) is 6.42 Å². The van der Waals surface area contributed by atoms with Crippen molar-refractivity contribution >= 4 is 22.4 Å². The van der Waals surface area contributed by atoms with Crippen molar-refractivity contribution < 1.29 is 4.74 Å². The Labute approximate surface area is 126 Å². The van der Waals surface area contributed by atoms with E-state index in [1.54, 1.807) is 0 Å². The molecule has 0 fully saturated rings. The lowest BCUT2D eigenvalue weighted by Crippen LogP contribution is -2.16. The first-order valence-corrected chi connectivity index (χ1v) is 7.71. The molecule has 0 aliphatic heterocycles. The summed E-state index contributed by atoms with van der Waals surface area (Å²) in [6, 6.07) is 12.0. The Morgan fingerprint density at radius 1 is 1.00 bits per heavy atom. The zero-order valence-corrected chi connectivity index (χ0v) is 12.7. The van der Waals surface area contributed by atoms with Gasteiger partial charge in [0.05, 0.1) is 6.61 Å². The third-order valence-corrected chi connectivity index (χ3v) is 3.59. The smallest absolute Gasteiger partial charge is 0.127 e. The third-order valence-electron chi connectivity index (χ3n) is 3.26. The average molecular weight is 292 g/mol. The first-order valence-electron chi connectivity index (χ1n) is 7.33. The van der Waals surface area contributed by atoms with Gasteiger partial charge in [-0.05, 0) is 44.5 Å². The number of nitrogens with one attached hydrogen (secondary N) is 1. The molecular weight excluding hydrogens is 270 g/mol. The SMILES string of the molecule is CCCNCCCCOc1ccc(Cl)c2ccccc12. The van der Waals surface area contributed by atoms with Crippen LogP contribution >= 0.6 is 11.6 Å². The Hall–Kier alpha value is -1.25. The summed E-state index contributed by atoms with van der Waals surface area (Å²) >= 11 is 6.20. The molecule has 2 rings (SSSR count). The fourth-order valence-corrected chi connectivity index (χ4v) is 2.42. The minimum Gasteiger partial charge on any atom is -0.493 e. The molecule has 0 amide bonds. The summed E-state index contributed by atoms with van der Waals surface area (Å²) in [5, 5.41) is 6.31. The minimum absolute atomic E-state index is 0.749. The second kappa shape index (κ2) is 8.13. The minimum atomic E-state index is 0.749. The second-order valence-electron chi connectivity index (χ2n) is 4.90. The molecule has 0 unspecified atom stereocenters. The van der Waals surface area contributed by atoms with E-state index in [0.717, 1.165) is 54.1 Å². The molecule has 0 saturated heterocycles. The van der Waals surface area contributed by atoms with Gasteiger partial charge in [0, 0.05) is 15.8 Å². The van der Waals surface area contributed by atoms with Crippen LogP contribution in [-0.4, -0.2) is 19.7 Å². The molecule has 0 bridgehead atoms. The van der Waals surface area contributed by atoms with Crippen LogP contribution in [0.5, 0.6) is 5.75 Å². The van der Waals surface area contributed by atoms with Crippen molar-refractivity contribution in [3.63, 3.8) is 0 Å². The summed E-state index contributed by atoms with van der Waals surface area (Å²) in [5.41, 5.74) is 0. The fourth-order valence-electron chi connectivity index (χ4n) is 2.20. The van der Waals surface area contributed by atoms with Gasteiger partial charge in [-0.25, -0.2) is 0 Å². The lowest BCUT2D eigenvalue weighted by molar-refractivity contribution is 0.309. The number of rotatable bonds is 8. The Morgan fingerprint density at radius 2 is 1.80 bits per heavy atom. The largest absolute Gasteiger partial charge is 0.493 e. The summed E-state index contributed by atoms with van der Waals surface area (Å²) in [7, 11) is 0. The summed E-state index contributed by atoms with van der Waals surface area (Å²) in [6.07, 6.45) is 3.40. The molecule has 2 nitrogen and oxygen atoms in total. The predicted molar refractivity (Wildman–Crippen MR) is 86.8 cm³/mol. The van der Waals surface area contributed by atoms with Crippen molar-refractivity contribution in [2.75, 3.05) is 19.7 Å². The lowest BCUT2D eigenvalue weighted by atomic mass is 10.1. The monoisotopic (exact) mass is 291 g/mol. The van der Waals surface area contributed by atoms with Crippen LogP contribution in [-0.2, 0) is 0 Å². The highest BCUT2D eigenvalue weighted by Gasteiger charge is 2.04. The number of ether oxygens (including phenoxy) is 1. The Bertz CT molecular complexity index is 542.